The summed E-state index contributed by atoms with van der Waals surface area (Å²) >= 11 is 1.65. The van der Waals surface area contributed by atoms with E-state index in [-0.39, 0.29) is 5.54 Å². The lowest BCUT2D eigenvalue weighted by Gasteiger charge is -2.25. The van der Waals surface area contributed by atoms with E-state index in [1.54, 1.807) is 18.1 Å². The van der Waals surface area contributed by atoms with Crippen LogP contribution in [-0.4, -0.2) is 21.8 Å². The standard InChI is InChI=1S/C11H17N3S/c1-11(5-3-4-6-11)14-9-7-10(15-2)13-8-12-9/h7-8H,3-6H2,1-2H3,(H,12,13,14). The maximum Gasteiger partial charge on any atom is 0.130 e. The normalized spacial score (nSPS) is 19.1. The Morgan fingerprint density at radius 3 is 2.73 bits per heavy atom. The van der Waals surface area contributed by atoms with Crippen LogP contribution in [0.3, 0.4) is 0 Å². The molecule has 0 amide bonds. The molecule has 0 saturated heterocycles. The highest BCUT2D eigenvalue weighted by atomic mass is 32.2. The molecule has 3 nitrogen and oxygen atoms in total. The molecule has 2 rings (SSSR count). The number of nitrogens with zero attached hydrogens (tertiary/aromatic N) is 2. The number of hydrogen-bond acceptors (Lipinski definition) is 4. The molecule has 0 atom stereocenters. The zero-order valence-electron chi connectivity index (χ0n) is 9.29. The van der Waals surface area contributed by atoms with Gasteiger partial charge in [0.15, 0.2) is 0 Å². The summed E-state index contributed by atoms with van der Waals surface area (Å²) in [6, 6.07) is 2.02. The molecular formula is C11H17N3S. The van der Waals surface area contributed by atoms with E-state index in [9.17, 15) is 0 Å². The van der Waals surface area contributed by atoms with Gasteiger partial charge in [-0.3, -0.25) is 0 Å². The summed E-state index contributed by atoms with van der Waals surface area (Å²) < 4.78 is 0. The molecule has 1 aliphatic carbocycles. The smallest absolute Gasteiger partial charge is 0.130 e. The predicted octanol–water partition coefficient (Wildman–Crippen LogP) is 2.94. The maximum atomic E-state index is 4.26. The van der Waals surface area contributed by atoms with E-state index >= 15 is 0 Å². The highest BCUT2D eigenvalue weighted by molar-refractivity contribution is 7.98. The van der Waals surface area contributed by atoms with E-state index in [0.717, 1.165) is 10.8 Å². The van der Waals surface area contributed by atoms with Gasteiger partial charge >= 0.3 is 0 Å². The number of hydrogen-bond donors (Lipinski definition) is 1. The van der Waals surface area contributed by atoms with Gasteiger partial charge < -0.3 is 5.32 Å². The van der Waals surface area contributed by atoms with Crippen molar-refractivity contribution in [2.24, 2.45) is 0 Å². The Morgan fingerprint density at radius 1 is 1.33 bits per heavy atom. The molecule has 1 aromatic heterocycles. The molecule has 1 N–H and O–H groups in total. The molecule has 1 aromatic rings. The molecule has 82 valence electrons. The van der Waals surface area contributed by atoms with Crippen LogP contribution in [0.2, 0.25) is 0 Å². The van der Waals surface area contributed by atoms with Gasteiger partial charge in [-0.05, 0) is 26.0 Å². The summed E-state index contributed by atoms with van der Waals surface area (Å²) in [6.07, 6.45) is 8.79. The van der Waals surface area contributed by atoms with E-state index in [0.29, 0.717) is 0 Å². The molecule has 1 fully saturated rings. The first-order chi connectivity index (χ1) is 7.22. The average Bonchev–Trinajstić information content (AvgIpc) is 2.65. The van der Waals surface area contributed by atoms with Crippen molar-refractivity contribution in [3.8, 4) is 0 Å². The van der Waals surface area contributed by atoms with Crippen LogP contribution >= 0.6 is 11.8 Å². The third-order valence-corrected chi connectivity index (χ3v) is 3.63. The summed E-state index contributed by atoms with van der Waals surface area (Å²) in [7, 11) is 0. The third kappa shape index (κ3) is 2.62. The quantitative estimate of drug-likeness (QED) is 0.631. The highest BCUT2D eigenvalue weighted by Crippen LogP contribution is 2.32. The number of aromatic nitrogens is 2. The first-order valence-electron chi connectivity index (χ1n) is 5.36. The molecule has 0 radical (unpaired) electrons. The van der Waals surface area contributed by atoms with Crippen molar-refractivity contribution in [2.45, 2.75) is 43.2 Å². The summed E-state index contributed by atoms with van der Waals surface area (Å²) in [5, 5.41) is 4.55. The minimum absolute atomic E-state index is 0.240. The fourth-order valence-electron chi connectivity index (χ4n) is 2.11. The van der Waals surface area contributed by atoms with Crippen LogP contribution in [0.1, 0.15) is 32.6 Å². The molecule has 0 bridgehead atoms. The molecular weight excluding hydrogens is 206 g/mol. The summed E-state index contributed by atoms with van der Waals surface area (Å²) in [5.41, 5.74) is 0.240. The van der Waals surface area contributed by atoms with Gasteiger partial charge in [0.05, 0.1) is 0 Å². The SMILES string of the molecule is CSc1cc(NC2(C)CCCC2)ncn1. The molecule has 1 saturated carbocycles. The summed E-state index contributed by atoms with van der Waals surface area (Å²) in [6.45, 7) is 2.28. The highest BCUT2D eigenvalue weighted by Gasteiger charge is 2.28. The minimum atomic E-state index is 0.240. The molecule has 1 aliphatic rings. The van der Waals surface area contributed by atoms with E-state index in [2.05, 4.69) is 22.2 Å². The molecule has 4 heteroatoms. The van der Waals surface area contributed by atoms with E-state index in [1.807, 2.05) is 12.3 Å². The number of rotatable bonds is 3. The topological polar surface area (TPSA) is 37.8 Å². The molecule has 0 aliphatic heterocycles. The van der Waals surface area contributed by atoms with Crippen molar-refractivity contribution < 1.29 is 0 Å². The molecule has 15 heavy (non-hydrogen) atoms. The van der Waals surface area contributed by atoms with Gasteiger partial charge in [-0.15, -0.1) is 11.8 Å². The zero-order valence-corrected chi connectivity index (χ0v) is 10.1. The van der Waals surface area contributed by atoms with Gasteiger partial charge in [0.1, 0.15) is 17.2 Å². The van der Waals surface area contributed by atoms with Crippen LogP contribution in [0.15, 0.2) is 17.4 Å². The average molecular weight is 223 g/mol. The van der Waals surface area contributed by atoms with E-state index < -0.39 is 0 Å². The van der Waals surface area contributed by atoms with Crippen molar-refractivity contribution in [1.82, 2.24) is 9.97 Å². The van der Waals surface area contributed by atoms with Gasteiger partial charge in [0.25, 0.3) is 0 Å². The summed E-state index contributed by atoms with van der Waals surface area (Å²) in [4.78, 5) is 8.43. The van der Waals surface area contributed by atoms with Crippen molar-refractivity contribution in [1.29, 1.82) is 0 Å². The van der Waals surface area contributed by atoms with Crippen molar-refractivity contribution in [2.75, 3.05) is 11.6 Å². The fraction of sp³-hybridized carbons (Fsp3) is 0.636. The second-order valence-electron chi connectivity index (χ2n) is 4.34. The van der Waals surface area contributed by atoms with Crippen LogP contribution < -0.4 is 5.32 Å². The van der Waals surface area contributed by atoms with Crippen LogP contribution in [0, 0.1) is 0 Å². The van der Waals surface area contributed by atoms with E-state index in [4.69, 9.17) is 0 Å². The Labute approximate surface area is 95.1 Å². The lowest BCUT2D eigenvalue weighted by molar-refractivity contribution is 0.530. The van der Waals surface area contributed by atoms with Crippen LogP contribution in [-0.2, 0) is 0 Å². The lowest BCUT2D eigenvalue weighted by Crippen LogP contribution is -2.31. The predicted molar refractivity (Wildman–Crippen MR) is 64.3 cm³/mol. The summed E-state index contributed by atoms with van der Waals surface area (Å²) in [5.74, 6) is 0.957. The van der Waals surface area contributed by atoms with Gasteiger partial charge in [-0.1, -0.05) is 12.8 Å². The number of anilines is 1. The van der Waals surface area contributed by atoms with E-state index in [1.165, 1.54) is 25.7 Å². The van der Waals surface area contributed by atoms with Crippen molar-refractivity contribution in [3.63, 3.8) is 0 Å². The third-order valence-electron chi connectivity index (χ3n) is 2.99. The fourth-order valence-corrected chi connectivity index (χ4v) is 2.49. The monoisotopic (exact) mass is 223 g/mol. The Morgan fingerprint density at radius 2 is 2.07 bits per heavy atom. The lowest BCUT2D eigenvalue weighted by atomic mass is 10.0. The van der Waals surface area contributed by atoms with Crippen molar-refractivity contribution in [3.05, 3.63) is 12.4 Å². The Bertz CT molecular complexity index is 334. The van der Waals surface area contributed by atoms with Gasteiger partial charge in [0.2, 0.25) is 0 Å². The molecule has 0 spiro atoms. The zero-order chi connectivity index (χ0) is 10.7. The number of nitrogens with one attached hydrogen (secondary N) is 1. The molecule has 1 heterocycles. The van der Waals surface area contributed by atoms with Gasteiger partial charge in [0, 0.05) is 11.6 Å². The largest absolute Gasteiger partial charge is 0.365 e. The minimum Gasteiger partial charge on any atom is -0.365 e. The van der Waals surface area contributed by atoms with Gasteiger partial charge in [-0.25, -0.2) is 9.97 Å². The van der Waals surface area contributed by atoms with Crippen LogP contribution in [0.25, 0.3) is 0 Å². The molecule has 0 unspecified atom stereocenters. The van der Waals surface area contributed by atoms with Crippen molar-refractivity contribution >= 4 is 17.6 Å². The Hall–Kier alpha value is -0.770. The van der Waals surface area contributed by atoms with Gasteiger partial charge in [-0.2, -0.15) is 0 Å². The second-order valence-corrected chi connectivity index (χ2v) is 5.16. The maximum absolute atomic E-state index is 4.26. The number of thioether (sulfide) groups is 1. The first kappa shape index (κ1) is 10.7. The van der Waals surface area contributed by atoms with Crippen LogP contribution in [0.4, 0.5) is 5.82 Å². The second kappa shape index (κ2) is 4.39. The Balaban J connectivity index is 2.09. The first-order valence-corrected chi connectivity index (χ1v) is 6.59. The molecule has 0 aromatic carbocycles. The van der Waals surface area contributed by atoms with Crippen LogP contribution in [0.5, 0.6) is 0 Å². The Kier molecular flexibility index (Phi) is 3.14.